The molecule has 150 valence electrons. The second kappa shape index (κ2) is 8.01. The summed E-state index contributed by atoms with van der Waals surface area (Å²) in [5.74, 6) is 0.571. The van der Waals surface area contributed by atoms with Crippen molar-refractivity contribution in [2.24, 2.45) is 0 Å². The summed E-state index contributed by atoms with van der Waals surface area (Å²) in [5.41, 5.74) is 1.46. The number of thioether (sulfide) groups is 1. The van der Waals surface area contributed by atoms with E-state index in [-0.39, 0.29) is 10.9 Å². The van der Waals surface area contributed by atoms with E-state index in [1.54, 1.807) is 25.3 Å². The zero-order valence-electron chi connectivity index (χ0n) is 15.7. The van der Waals surface area contributed by atoms with Crippen molar-refractivity contribution in [3.8, 4) is 11.5 Å². The lowest BCUT2D eigenvalue weighted by atomic mass is 10.1. The minimum Gasteiger partial charge on any atom is -0.493 e. The van der Waals surface area contributed by atoms with Gasteiger partial charge in [-0.15, -0.1) is 0 Å². The van der Waals surface area contributed by atoms with E-state index in [0.717, 1.165) is 17.4 Å². The summed E-state index contributed by atoms with van der Waals surface area (Å²) in [6.45, 7) is 1.15. The van der Waals surface area contributed by atoms with Gasteiger partial charge in [-0.05, 0) is 30.3 Å². The highest BCUT2D eigenvalue weighted by Crippen LogP contribution is 2.39. The van der Waals surface area contributed by atoms with Crippen LogP contribution in [0.4, 0.5) is 15.3 Å². The number of benzene rings is 1. The molecular formula is C18H21N3O6S. The maximum Gasteiger partial charge on any atom is 0.407 e. The number of nitrogens with one attached hydrogen (secondary N) is 1. The Kier molecular flexibility index (Phi) is 5.68. The summed E-state index contributed by atoms with van der Waals surface area (Å²) < 4.78 is 10.8. The number of methoxy groups -OCH3 is 2. The predicted molar refractivity (Wildman–Crippen MR) is 105 cm³/mol. The first-order valence-electron chi connectivity index (χ1n) is 8.55. The number of amides is 3. The SMILES string of the molecule is COc1cc(C=C2SC(=O)NC2=O)c(N2CCC(N(C)C(=O)O)C2)cc1OC. The van der Waals surface area contributed by atoms with Gasteiger partial charge in [0.15, 0.2) is 11.5 Å². The number of carbonyl (C=O) groups excluding carboxylic acids is 2. The van der Waals surface area contributed by atoms with Crippen LogP contribution < -0.4 is 19.7 Å². The van der Waals surface area contributed by atoms with Gasteiger partial charge in [-0.1, -0.05) is 0 Å². The van der Waals surface area contributed by atoms with Gasteiger partial charge in [0.1, 0.15) is 0 Å². The number of carboxylic acid groups (broad SMARTS) is 1. The molecule has 1 atom stereocenters. The number of hydrogen-bond acceptors (Lipinski definition) is 7. The number of nitrogens with zero attached hydrogens (tertiary/aromatic N) is 2. The van der Waals surface area contributed by atoms with Gasteiger partial charge in [0.25, 0.3) is 11.1 Å². The molecule has 0 radical (unpaired) electrons. The Morgan fingerprint density at radius 1 is 1.32 bits per heavy atom. The average molecular weight is 407 g/mol. The van der Waals surface area contributed by atoms with Gasteiger partial charge in [0.2, 0.25) is 0 Å². The van der Waals surface area contributed by atoms with Gasteiger partial charge in [-0.3, -0.25) is 14.9 Å². The van der Waals surface area contributed by atoms with Crippen LogP contribution in [0.25, 0.3) is 6.08 Å². The average Bonchev–Trinajstić information content (AvgIpc) is 3.27. The molecule has 2 heterocycles. The number of hydrogen-bond donors (Lipinski definition) is 2. The highest BCUT2D eigenvalue weighted by atomic mass is 32.2. The molecule has 1 aromatic rings. The van der Waals surface area contributed by atoms with Crippen molar-refractivity contribution in [3.63, 3.8) is 0 Å². The van der Waals surface area contributed by atoms with Crippen LogP contribution in [0.3, 0.4) is 0 Å². The van der Waals surface area contributed by atoms with E-state index in [0.29, 0.717) is 36.6 Å². The van der Waals surface area contributed by atoms with Crippen molar-refractivity contribution in [1.82, 2.24) is 10.2 Å². The monoisotopic (exact) mass is 407 g/mol. The van der Waals surface area contributed by atoms with Crippen LogP contribution >= 0.6 is 11.8 Å². The Morgan fingerprint density at radius 3 is 2.57 bits per heavy atom. The summed E-state index contributed by atoms with van der Waals surface area (Å²) in [7, 11) is 4.60. The van der Waals surface area contributed by atoms with Gasteiger partial charge < -0.3 is 24.4 Å². The quantitative estimate of drug-likeness (QED) is 0.716. The molecule has 0 bridgehead atoms. The summed E-state index contributed by atoms with van der Waals surface area (Å²) in [4.78, 5) is 38.3. The Morgan fingerprint density at radius 2 is 2.00 bits per heavy atom. The minimum atomic E-state index is -0.973. The zero-order chi connectivity index (χ0) is 20.4. The third-order valence-electron chi connectivity index (χ3n) is 4.82. The molecule has 0 aromatic heterocycles. The van der Waals surface area contributed by atoms with Crippen LogP contribution in [-0.4, -0.2) is 67.6 Å². The summed E-state index contributed by atoms with van der Waals surface area (Å²) in [6, 6.07) is 3.40. The lowest BCUT2D eigenvalue weighted by Gasteiger charge is -2.25. The standard InChI is InChI=1S/C18H21N3O6S/c1-20(18(24)25)11-4-5-21(9-11)12-8-14(27-3)13(26-2)6-10(12)7-15-16(22)19-17(23)28-15/h6-8,11H,4-5,9H2,1-3H3,(H,24,25)(H,19,22,23). The third-order valence-corrected chi connectivity index (χ3v) is 5.63. The first-order chi connectivity index (χ1) is 13.3. The van der Waals surface area contributed by atoms with E-state index in [4.69, 9.17) is 9.47 Å². The molecule has 2 aliphatic rings. The smallest absolute Gasteiger partial charge is 0.407 e. The molecule has 3 rings (SSSR count). The summed E-state index contributed by atoms with van der Waals surface area (Å²) in [6.07, 6.45) is 1.34. The maximum absolute atomic E-state index is 12.0. The molecule has 3 amide bonds. The number of rotatable bonds is 5. The van der Waals surface area contributed by atoms with Crippen molar-refractivity contribution in [1.29, 1.82) is 0 Å². The van der Waals surface area contributed by atoms with Gasteiger partial charge in [-0.2, -0.15) is 0 Å². The van der Waals surface area contributed by atoms with E-state index in [1.807, 2.05) is 4.90 Å². The normalized spacial score (nSPS) is 20.5. The molecule has 9 nitrogen and oxygen atoms in total. The molecule has 28 heavy (non-hydrogen) atoms. The van der Waals surface area contributed by atoms with Crippen LogP contribution in [0.5, 0.6) is 11.5 Å². The number of carbonyl (C=O) groups is 3. The molecule has 2 N–H and O–H groups in total. The van der Waals surface area contributed by atoms with Gasteiger partial charge in [0.05, 0.1) is 25.2 Å². The first-order valence-corrected chi connectivity index (χ1v) is 9.37. The Bertz CT molecular complexity index is 856. The lowest BCUT2D eigenvalue weighted by Crippen LogP contribution is -2.38. The van der Waals surface area contributed by atoms with E-state index in [9.17, 15) is 19.5 Å². The molecule has 0 aliphatic carbocycles. The molecule has 1 unspecified atom stereocenters. The molecule has 2 aliphatic heterocycles. The van der Waals surface area contributed by atoms with Crippen molar-refractivity contribution in [2.45, 2.75) is 12.5 Å². The van der Waals surface area contributed by atoms with E-state index in [2.05, 4.69) is 5.32 Å². The zero-order valence-corrected chi connectivity index (χ0v) is 16.5. The van der Waals surface area contributed by atoms with Crippen LogP contribution in [0, 0.1) is 0 Å². The van der Waals surface area contributed by atoms with Crippen LogP contribution in [0.2, 0.25) is 0 Å². The largest absolute Gasteiger partial charge is 0.493 e. The first kappa shape index (κ1) is 19.9. The van der Waals surface area contributed by atoms with Gasteiger partial charge in [-0.25, -0.2) is 4.79 Å². The lowest BCUT2D eigenvalue weighted by molar-refractivity contribution is -0.115. The minimum absolute atomic E-state index is 0.142. The molecule has 2 fully saturated rings. The van der Waals surface area contributed by atoms with E-state index < -0.39 is 17.2 Å². The highest BCUT2D eigenvalue weighted by Gasteiger charge is 2.31. The van der Waals surface area contributed by atoms with Crippen LogP contribution in [0.1, 0.15) is 12.0 Å². The van der Waals surface area contributed by atoms with E-state index in [1.165, 1.54) is 19.1 Å². The molecule has 0 saturated carbocycles. The fraction of sp³-hybridized carbons (Fsp3) is 0.389. The fourth-order valence-electron chi connectivity index (χ4n) is 3.27. The third kappa shape index (κ3) is 3.86. The second-order valence-electron chi connectivity index (χ2n) is 6.40. The number of imide groups is 1. The topological polar surface area (TPSA) is 108 Å². The van der Waals surface area contributed by atoms with Crippen molar-refractivity contribution in [3.05, 3.63) is 22.6 Å². The Balaban J connectivity index is 1.99. The fourth-order valence-corrected chi connectivity index (χ4v) is 3.94. The number of ether oxygens (including phenoxy) is 2. The molecule has 2 saturated heterocycles. The van der Waals surface area contributed by atoms with Gasteiger partial charge in [0, 0.05) is 37.5 Å². The van der Waals surface area contributed by atoms with Gasteiger partial charge >= 0.3 is 6.09 Å². The second-order valence-corrected chi connectivity index (χ2v) is 7.41. The number of anilines is 1. The summed E-state index contributed by atoms with van der Waals surface area (Å²) in [5, 5.41) is 11.1. The molecular weight excluding hydrogens is 386 g/mol. The van der Waals surface area contributed by atoms with Crippen molar-refractivity contribution >= 4 is 40.8 Å². The molecule has 0 spiro atoms. The Hall–Kier alpha value is -2.88. The van der Waals surface area contributed by atoms with Crippen molar-refractivity contribution in [2.75, 3.05) is 39.3 Å². The highest BCUT2D eigenvalue weighted by molar-refractivity contribution is 8.18. The number of likely N-dealkylation sites (N-methyl/N-ethyl adjacent to an activating group) is 1. The molecule has 1 aromatic carbocycles. The Labute approximate surface area is 166 Å². The predicted octanol–water partition coefficient (Wildman–Crippen LogP) is 2.22. The van der Waals surface area contributed by atoms with Crippen molar-refractivity contribution < 1.29 is 29.0 Å². The van der Waals surface area contributed by atoms with E-state index >= 15 is 0 Å². The maximum atomic E-state index is 12.0. The molecule has 10 heteroatoms. The van der Waals surface area contributed by atoms with Crippen LogP contribution in [0.15, 0.2) is 17.0 Å². The summed E-state index contributed by atoms with van der Waals surface area (Å²) >= 11 is 0.838. The van der Waals surface area contributed by atoms with Crippen LogP contribution in [-0.2, 0) is 4.79 Å².